The van der Waals surface area contributed by atoms with Gasteiger partial charge in [0.15, 0.2) is 0 Å². The third kappa shape index (κ3) is 4.22. The van der Waals surface area contributed by atoms with Crippen LogP contribution in [0.1, 0.15) is 26.3 Å². The van der Waals surface area contributed by atoms with Gasteiger partial charge in [-0.05, 0) is 37.5 Å². The molecule has 0 aliphatic rings. The van der Waals surface area contributed by atoms with E-state index in [4.69, 9.17) is 11.6 Å². The number of halogens is 1. The second-order valence-electron chi connectivity index (χ2n) is 4.92. The van der Waals surface area contributed by atoms with Crippen LogP contribution in [-0.4, -0.2) is 18.5 Å². The summed E-state index contributed by atoms with van der Waals surface area (Å²) in [6.07, 6.45) is 0. The SMILES string of the molecule is Cc1c(Cl)cccc1NC(C)C(=O)NCC(C)C. The molecule has 3 nitrogen and oxygen atoms in total. The zero-order chi connectivity index (χ0) is 13.7. The summed E-state index contributed by atoms with van der Waals surface area (Å²) in [4.78, 5) is 11.8. The first-order valence-corrected chi connectivity index (χ1v) is 6.59. The molecule has 1 aromatic carbocycles. The molecule has 1 atom stereocenters. The zero-order valence-corrected chi connectivity index (χ0v) is 12.1. The summed E-state index contributed by atoms with van der Waals surface area (Å²) in [5.41, 5.74) is 1.86. The lowest BCUT2D eigenvalue weighted by molar-refractivity contribution is -0.121. The maximum atomic E-state index is 11.8. The second kappa shape index (κ2) is 6.64. The third-order valence-electron chi connectivity index (χ3n) is 2.72. The van der Waals surface area contributed by atoms with Gasteiger partial charge in [-0.3, -0.25) is 4.79 Å². The van der Waals surface area contributed by atoms with E-state index < -0.39 is 0 Å². The van der Waals surface area contributed by atoms with Crippen molar-refractivity contribution in [3.05, 3.63) is 28.8 Å². The number of benzene rings is 1. The van der Waals surface area contributed by atoms with Gasteiger partial charge in [0.2, 0.25) is 5.91 Å². The van der Waals surface area contributed by atoms with Crippen molar-refractivity contribution in [1.29, 1.82) is 0 Å². The Kier molecular flexibility index (Phi) is 5.48. The highest BCUT2D eigenvalue weighted by atomic mass is 35.5. The molecule has 0 aromatic heterocycles. The molecular formula is C14H21ClN2O. The Labute approximate surface area is 114 Å². The van der Waals surface area contributed by atoms with Crippen molar-refractivity contribution in [1.82, 2.24) is 5.32 Å². The Balaban J connectivity index is 2.61. The van der Waals surface area contributed by atoms with Crippen LogP contribution >= 0.6 is 11.6 Å². The molecule has 1 rings (SSSR count). The molecule has 1 amide bonds. The van der Waals surface area contributed by atoms with E-state index in [1.54, 1.807) is 0 Å². The van der Waals surface area contributed by atoms with Crippen LogP contribution < -0.4 is 10.6 Å². The molecule has 100 valence electrons. The molecule has 2 N–H and O–H groups in total. The minimum atomic E-state index is -0.277. The smallest absolute Gasteiger partial charge is 0.242 e. The van der Waals surface area contributed by atoms with Gasteiger partial charge in [-0.25, -0.2) is 0 Å². The number of carbonyl (C=O) groups excluding carboxylic acids is 1. The Bertz CT molecular complexity index is 418. The van der Waals surface area contributed by atoms with Crippen LogP contribution in [0.5, 0.6) is 0 Å². The number of carbonyl (C=O) groups is 1. The normalized spacial score (nSPS) is 12.3. The van der Waals surface area contributed by atoms with Gasteiger partial charge in [-0.15, -0.1) is 0 Å². The Hall–Kier alpha value is -1.22. The lowest BCUT2D eigenvalue weighted by Gasteiger charge is -2.18. The fourth-order valence-electron chi connectivity index (χ4n) is 1.52. The van der Waals surface area contributed by atoms with E-state index in [2.05, 4.69) is 24.5 Å². The van der Waals surface area contributed by atoms with Gasteiger partial charge >= 0.3 is 0 Å². The number of hydrogen-bond donors (Lipinski definition) is 2. The lowest BCUT2D eigenvalue weighted by atomic mass is 10.1. The molecule has 0 radical (unpaired) electrons. The minimum absolute atomic E-state index is 0.00285. The highest BCUT2D eigenvalue weighted by Gasteiger charge is 2.13. The summed E-state index contributed by atoms with van der Waals surface area (Å²) in [5, 5.41) is 6.78. The molecule has 0 heterocycles. The van der Waals surface area contributed by atoms with E-state index in [-0.39, 0.29) is 11.9 Å². The zero-order valence-electron chi connectivity index (χ0n) is 11.4. The van der Waals surface area contributed by atoms with Crippen molar-refractivity contribution < 1.29 is 4.79 Å². The van der Waals surface area contributed by atoms with Crippen LogP contribution in [0.2, 0.25) is 5.02 Å². The highest BCUT2D eigenvalue weighted by molar-refractivity contribution is 6.31. The monoisotopic (exact) mass is 268 g/mol. The van der Waals surface area contributed by atoms with E-state index in [9.17, 15) is 4.79 Å². The van der Waals surface area contributed by atoms with Gasteiger partial charge in [0.05, 0.1) is 0 Å². The summed E-state index contributed by atoms with van der Waals surface area (Å²) < 4.78 is 0. The van der Waals surface area contributed by atoms with Gasteiger partial charge < -0.3 is 10.6 Å². The maximum Gasteiger partial charge on any atom is 0.242 e. The fraction of sp³-hybridized carbons (Fsp3) is 0.500. The van der Waals surface area contributed by atoms with Crippen molar-refractivity contribution in [2.75, 3.05) is 11.9 Å². The van der Waals surface area contributed by atoms with Gasteiger partial charge in [0.25, 0.3) is 0 Å². The van der Waals surface area contributed by atoms with Crippen molar-refractivity contribution in [2.45, 2.75) is 33.7 Å². The maximum absolute atomic E-state index is 11.8. The molecule has 0 spiro atoms. The molecule has 0 saturated carbocycles. The van der Waals surface area contributed by atoms with E-state index in [0.29, 0.717) is 17.5 Å². The van der Waals surface area contributed by atoms with E-state index in [0.717, 1.165) is 11.3 Å². The molecular weight excluding hydrogens is 248 g/mol. The van der Waals surface area contributed by atoms with Crippen LogP contribution in [0.4, 0.5) is 5.69 Å². The van der Waals surface area contributed by atoms with Crippen LogP contribution in [0.25, 0.3) is 0 Å². The first-order chi connectivity index (χ1) is 8.41. The van der Waals surface area contributed by atoms with Crippen LogP contribution in [-0.2, 0) is 4.79 Å². The van der Waals surface area contributed by atoms with Gasteiger partial charge in [0, 0.05) is 17.3 Å². The third-order valence-corrected chi connectivity index (χ3v) is 3.13. The van der Waals surface area contributed by atoms with Crippen molar-refractivity contribution in [3.63, 3.8) is 0 Å². The van der Waals surface area contributed by atoms with E-state index in [1.807, 2.05) is 32.0 Å². The summed E-state index contributed by atoms with van der Waals surface area (Å²) in [5.74, 6) is 0.456. The summed E-state index contributed by atoms with van der Waals surface area (Å²) in [6.45, 7) is 8.61. The van der Waals surface area contributed by atoms with Crippen molar-refractivity contribution >= 4 is 23.2 Å². The van der Waals surface area contributed by atoms with Gasteiger partial charge in [0.1, 0.15) is 6.04 Å². The van der Waals surface area contributed by atoms with Crippen LogP contribution in [0.15, 0.2) is 18.2 Å². The predicted octanol–water partition coefficient (Wildman–Crippen LogP) is 3.22. The molecule has 0 aliphatic heterocycles. The molecule has 4 heteroatoms. The minimum Gasteiger partial charge on any atom is -0.374 e. The van der Waals surface area contributed by atoms with Crippen molar-refractivity contribution in [2.24, 2.45) is 5.92 Å². The number of nitrogens with one attached hydrogen (secondary N) is 2. The Morgan fingerprint density at radius 1 is 1.33 bits per heavy atom. The average Bonchev–Trinajstić information content (AvgIpc) is 2.31. The van der Waals surface area contributed by atoms with E-state index >= 15 is 0 Å². The number of hydrogen-bond acceptors (Lipinski definition) is 2. The van der Waals surface area contributed by atoms with E-state index in [1.165, 1.54) is 0 Å². The molecule has 0 fully saturated rings. The van der Waals surface area contributed by atoms with Crippen LogP contribution in [0, 0.1) is 12.8 Å². The molecule has 0 bridgehead atoms. The number of anilines is 1. The Morgan fingerprint density at radius 2 is 2.00 bits per heavy atom. The van der Waals surface area contributed by atoms with Gasteiger partial charge in [-0.1, -0.05) is 31.5 Å². The number of rotatable bonds is 5. The largest absolute Gasteiger partial charge is 0.374 e. The Morgan fingerprint density at radius 3 is 2.61 bits per heavy atom. The summed E-state index contributed by atoms with van der Waals surface area (Å²) >= 11 is 6.04. The summed E-state index contributed by atoms with van der Waals surface area (Å²) in [7, 11) is 0. The molecule has 1 unspecified atom stereocenters. The molecule has 1 aromatic rings. The fourth-order valence-corrected chi connectivity index (χ4v) is 1.69. The molecule has 18 heavy (non-hydrogen) atoms. The summed E-state index contributed by atoms with van der Waals surface area (Å²) in [6, 6.07) is 5.36. The quantitative estimate of drug-likeness (QED) is 0.861. The topological polar surface area (TPSA) is 41.1 Å². The first kappa shape index (κ1) is 14.8. The van der Waals surface area contributed by atoms with Gasteiger partial charge in [-0.2, -0.15) is 0 Å². The molecule has 0 aliphatic carbocycles. The second-order valence-corrected chi connectivity index (χ2v) is 5.32. The van der Waals surface area contributed by atoms with Crippen molar-refractivity contribution in [3.8, 4) is 0 Å². The number of amides is 1. The standard InChI is InChI=1S/C14H21ClN2O/c1-9(2)8-16-14(18)11(4)17-13-7-5-6-12(15)10(13)3/h5-7,9,11,17H,8H2,1-4H3,(H,16,18). The predicted molar refractivity (Wildman–Crippen MR) is 77.1 cm³/mol. The molecule has 0 saturated heterocycles. The van der Waals surface area contributed by atoms with Crippen LogP contribution in [0.3, 0.4) is 0 Å². The average molecular weight is 269 g/mol. The highest BCUT2D eigenvalue weighted by Crippen LogP contribution is 2.23. The lowest BCUT2D eigenvalue weighted by Crippen LogP contribution is -2.39. The first-order valence-electron chi connectivity index (χ1n) is 6.21.